The van der Waals surface area contributed by atoms with Gasteiger partial charge in [0.2, 0.25) is 6.29 Å². The second-order valence-corrected chi connectivity index (χ2v) is 2.67. The summed E-state index contributed by atoms with van der Waals surface area (Å²) < 4.78 is 4.54. The molecule has 1 atom stereocenters. The van der Waals surface area contributed by atoms with Gasteiger partial charge in [0.15, 0.2) is 0 Å². The van der Waals surface area contributed by atoms with Gasteiger partial charge < -0.3 is 9.84 Å². The predicted molar refractivity (Wildman–Crippen MR) is 41.5 cm³/mol. The van der Waals surface area contributed by atoms with Gasteiger partial charge >= 0.3 is 5.97 Å². The summed E-state index contributed by atoms with van der Waals surface area (Å²) in [5.41, 5.74) is 1.07. The summed E-state index contributed by atoms with van der Waals surface area (Å²) in [5.74, 6) is -0.584. The smallest absolute Gasteiger partial charge is 0.341 e. The van der Waals surface area contributed by atoms with Crippen LogP contribution in [0.2, 0.25) is 0 Å². The maximum absolute atomic E-state index is 11.1. The second kappa shape index (κ2) is 2.57. The van der Waals surface area contributed by atoms with Crippen LogP contribution in [0.1, 0.15) is 27.8 Å². The van der Waals surface area contributed by atoms with Crippen molar-refractivity contribution in [2.45, 2.75) is 6.29 Å². The van der Waals surface area contributed by atoms with Crippen LogP contribution >= 0.6 is 0 Å². The van der Waals surface area contributed by atoms with Crippen LogP contribution in [-0.4, -0.2) is 11.1 Å². The van der Waals surface area contributed by atoms with Crippen LogP contribution in [-0.2, 0) is 4.74 Å². The van der Waals surface area contributed by atoms with Gasteiger partial charge in [-0.05, 0) is 12.1 Å². The highest BCUT2D eigenvalue weighted by Gasteiger charge is 2.29. The van der Waals surface area contributed by atoms with E-state index in [1.165, 1.54) is 18.2 Å². The number of carbonyl (C=O) groups is 1. The molecule has 4 heteroatoms. The van der Waals surface area contributed by atoms with E-state index in [0.29, 0.717) is 11.1 Å². The molecule has 1 heterocycles. The molecule has 1 aliphatic heterocycles. The van der Waals surface area contributed by atoms with E-state index in [4.69, 9.17) is 5.26 Å². The highest BCUT2D eigenvalue weighted by atomic mass is 16.6. The third-order valence-electron chi connectivity index (χ3n) is 1.89. The van der Waals surface area contributed by atoms with Crippen molar-refractivity contribution in [1.82, 2.24) is 0 Å². The number of fused-ring (bicyclic) bond motifs is 1. The zero-order chi connectivity index (χ0) is 9.42. The first-order valence-electron chi connectivity index (χ1n) is 3.65. The van der Waals surface area contributed by atoms with Crippen molar-refractivity contribution >= 4 is 5.97 Å². The third kappa shape index (κ3) is 1.06. The van der Waals surface area contributed by atoms with Crippen molar-refractivity contribution in [3.05, 3.63) is 34.9 Å². The predicted octanol–water partition coefficient (Wildman–Crippen LogP) is 0.720. The van der Waals surface area contributed by atoms with Crippen molar-refractivity contribution in [1.29, 1.82) is 5.26 Å². The normalized spacial score (nSPS) is 19.1. The van der Waals surface area contributed by atoms with E-state index < -0.39 is 12.3 Å². The second-order valence-electron chi connectivity index (χ2n) is 2.67. The fourth-order valence-electron chi connectivity index (χ4n) is 1.25. The minimum atomic E-state index is -1.18. The molecule has 1 aromatic rings. The minimum Gasteiger partial charge on any atom is -0.428 e. The van der Waals surface area contributed by atoms with E-state index in [0.717, 1.165) is 0 Å². The summed E-state index contributed by atoms with van der Waals surface area (Å²) >= 11 is 0. The highest BCUT2D eigenvalue weighted by Crippen LogP contribution is 2.28. The SMILES string of the molecule is N#Cc1ccc2c(c1)C(=O)OC2O. The quantitative estimate of drug-likeness (QED) is 0.590. The van der Waals surface area contributed by atoms with Crippen LogP contribution in [0.15, 0.2) is 18.2 Å². The molecule has 0 amide bonds. The van der Waals surface area contributed by atoms with Crippen LogP contribution in [0.5, 0.6) is 0 Å². The van der Waals surface area contributed by atoms with Crippen molar-refractivity contribution in [3.8, 4) is 6.07 Å². The average Bonchev–Trinajstić information content (AvgIpc) is 2.42. The van der Waals surface area contributed by atoms with Crippen molar-refractivity contribution in [2.24, 2.45) is 0 Å². The number of ether oxygens (including phenoxy) is 1. The Morgan fingerprint density at radius 1 is 1.54 bits per heavy atom. The molecule has 0 aliphatic carbocycles. The van der Waals surface area contributed by atoms with Gasteiger partial charge in [-0.3, -0.25) is 0 Å². The van der Waals surface area contributed by atoms with Crippen molar-refractivity contribution < 1.29 is 14.6 Å². The molecule has 0 aromatic heterocycles. The Kier molecular flexibility index (Phi) is 1.54. The van der Waals surface area contributed by atoms with Gasteiger partial charge in [-0.15, -0.1) is 0 Å². The molecule has 4 nitrogen and oxygen atoms in total. The van der Waals surface area contributed by atoms with Crippen LogP contribution in [0.25, 0.3) is 0 Å². The number of aliphatic hydroxyl groups is 1. The van der Waals surface area contributed by atoms with E-state index in [-0.39, 0.29) is 5.56 Å². The number of cyclic esters (lactones) is 1. The molecule has 2 rings (SSSR count). The first-order valence-corrected chi connectivity index (χ1v) is 3.65. The van der Waals surface area contributed by atoms with Gasteiger partial charge in [0.25, 0.3) is 0 Å². The molecular weight excluding hydrogens is 170 g/mol. The first-order chi connectivity index (χ1) is 6.22. The fourth-order valence-corrected chi connectivity index (χ4v) is 1.25. The van der Waals surface area contributed by atoms with Gasteiger partial charge in [-0.2, -0.15) is 5.26 Å². The zero-order valence-corrected chi connectivity index (χ0v) is 6.52. The summed E-state index contributed by atoms with van der Waals surface area (Å²) in [4.78, 5) is 11.1. The first kappa shape index (κ1) is 7.77. The molecule has 0 fully saturated rings. The van der Waals surface area contributed by atoms with Crippen LogP contribution in [0, 0.1) is 11.3 Å². The molecule has 13 heavy (non-hydrogen) atoms. The molecule has 1 N–H and O–H groups in total. The fraction of sp³-hybridized carbons (Fsp3) is 0.111. The lowest BCUT2D eigenvalue weighted by atomic mass is 10.1. The van der Waals surface area contributed by atoms with Crippen LogP contribution in [0.4, 0.5) is 0 Å². The lowest BCUT2D eigenvalue weighted by Gasteiger charge is -1.99. The van der Waals surface area contributed by atoms with E-state index >= 15 is 0 Å². The molecule has 0 bridgehead atoms. The van der Waals surface area contributed by atoms with Gasteiger partial charge in [-0.25, -0.2) is 4.79 Å². The minimum absolute atomic E-state index is 0.270. The molecule has 0 saturated heterocycles. The molecule has 0 saturated carbocycles. The number of nitriles is 1. The summed E-state index contributed by atoms with van der Waals surface area (Å²) in [6.45, 7) is 0. The number of aliphatic hydroxyl groups excluding tert-OH is 1. The van der Waals surface area contributed by atoms with Gasteiger partial charge in [0.1, 0.15) is 0 Å². The monoisotopic (exact) mass is 175 g/mol. The Bertz CT molecular complexity index is 419. The Morgan fingerprint density at radius 3 is 3.00 bits per heavy atom. The van der Waals surface area contributed by atoms with Crippen LogP contribution in [0.3, 0.4) is 0 Å². The number of carbonyl (C=O) groups excluding carboxylic acids is 1. The number of hydrogen-bond acceptors (Lipinski definition) is 4. The zero-order valence-electron chi connectivity index (χ0n) is 6.52. The Labute approximate surface area is 74.0 Å². The van der Waals surface area contributed by atoms with E-state index in [2.05, 4.69) is 4.74 Å². The summed E-state index contributed by atoms with van der Waals surface area (Å²) in [7, 11) is 0. The Hall–Kier alpha value is -1.86. The summed E-state index contributed by atoms with van der Waals surface area (Å²) in [5, 5.41) is 17.7. The molecule has 1 aromatic carbocycles. The Morgan fingerprint density at radius 2 is 2.31 bits per heavy atom. The van der Waals surface area contributed by atoms with Gasteiger partial charge in [-0.1, -0.05) is 6.07 Å². The van der Waals surface area contributed by atoms with E-state index in [9.17, 15) is 9.90 Å². The molecule has 1 aliphatic rings. The molecule has 64 valence electrons. The molecule has 0 radical (unpaired) electrons. The van der Waals surface area contributed by atoms with Gasteiger partial charge in [0, 0.05) is 5.56 Å². The topological polar surface area (TPSA) is 70.3 Å². The molecular formula is C9H5NO3. The number of esters is 1. The lowest BCUT2D eigenvalue weighted by Crippen LogP contribution is -1.96. The van der Waals surface area contributed by atoms with E-state index in [1.54, 1.807) is 0 Å². The van der Waals surface area contributed by atoms with Crippen molar-refractivity contribution in [3.63, 3.8) is 0 Å². The number of hydrogen-bond donors (Lipinski definition) is 1. The lowest BCUT2D eigenvalue weighted by molar-refractivity contribution is -0.0547. The number of rotatable bonds is 0. The summed E-state index contributed by atoms with van der Waals surface area (Å²) in [6.07, 6.45) is -1.18. The Balaban J connectivity index is 2.60. The van der Waals surface area contributed by atoms with Crippen molar-refractivity contribution in [2.75, 3.05) is 0 Å². The third-order valence-corrected chi connectivity index (χ3v) is 1.89. The van der Waals surface area contributed by atoms with E-state index in [1.807, 2.05) is 6.07 Å². The maximum atomic E-state index is 11.1. The molecule has 1 unspecified atom stereocenters. The maximum Gasteiger partial charge on any atom is 0.341 e. The summed E-state index contributed by atoms with van der Waals surface area (Å²) in [6, 6.07) is 6.36. The number of benzene rings is 1. The largest absolute Gasteiger partial charge is 0.428 e. The molecule has 0 spiro atoms. The van der Waals surface area contributed by atoms with Gasteiger partial charge in [0.05, 0.1) is 17.2 Å². The van der Waals surface area contributed by atoms with Crippen LogP contribution < -0.4 is 0 Å². The highest BCUT2D eigenvalue weighted by molar-refractivity contribution is 5.94. The average molecular weight is 175 g/mol. The standard InChI is InChI=1S/C9H5NO3/c10-4-5-1-2-6-7(3-5)9(12)13-8(6)11/h1-3,8,11H. The number of nitrogens with zero attached hydrogens (tertiary/aromatic N) is 1.